The Labute approximate surface area is 168 Å². The zero-order chi connectivity index (χ0) is 20.1. The van der Waals surface area contributed by atoms with E-state index in [0.29, 0.717) is 16.8 Å². The molecule has 29 heavy (non-hydrogen) atoms. The van der Waals surface area contributed by atoms with E-state index in [1.165, 1.54) is 0 Å². The predicted molar refractivity (Wildman–Crippen MR) is 111 cm³/mol. The van der Waals surface area contributed by atoms with Gasteiger partial charge in [0.05, 0.1) is 5.69 Å². The maximum absolute atomic E-state index is 12.8. The second-order valence-corrected chi connectivity index (χ2v) is 6.31. The number of hydrogen-bond donors (Lipinski definition) is 0. The van der Waals surface area contributed by atoms with Gasteiger partial charge in [-0.15, -0.1) is 0 Å². The van der Waals surface area contributed by atoms with E-state index in [2.05, 4.69) is 4.98 Å². The van der Waals surface area contributed by atoms with Gasteiger partial charge in [-0.2, -0.15) is 10.4 Å². The third-order valence-corrected chi connectivity index (χ3v) is 4.42. The molecule has 0 radical (unpaired) electrons. The topological polar surface area (TPSA) is 71.6 Å². The Hall–Kier alpha value is -4.30. The normalized spacial score (nSPS) is 11.1. The van der Waals surface area contributed by atoms with Crippen molar-refractivity contribution in [2.45, 2.75) is 0 Å². The molecule has 0 saturated heterocycles. The molecule has 0 unspecified atom stereocenters. The van der Waals surface area contributed by atoms with Gasteiger partial charge in [-0.05, 0) is 30.3 Å². The van der Waals surface area contributed by atoms with Crippen LogP contribution in [0.4, 0.5) is 0 Å². The van der Waals surface area contributed by atoms with Crippen LogP contribution >= 0.6 is 0 Å². The highest BCUT2D eigenvalue weighted by atomic mass is 16.1. The van der Waals surface area contributed by atoms with Crippen molar-refractivity contribution in [1.82, 2.24) is 14.8 Å². The Bertz CT molecular complexity index is 1200. The molecule has 0 spiro atoms. The minimum atomic E-state index is -0.318. The largest absolute Gasteiger partial charge is 0.288 e. The van der Waals surface area contributed by atoms with Crippen LogP contribution < -0.4 is 0 Å². The fourth-order valence-electron chi connectivity index (χ4n) is 2.99. The van der Waals surface area contributed by atoms with Gasteiger partial charge in [0.2, 0.25) is 5.78 Å². The number of carbonyl (C=O) groups excluding carboxylic acids is 1. The number of allylic oxidation sites excluding steroid dienone is 1. The average molecular weight is 376 g/mol. The summed E-state index contributed by atoms with van der Waals surface area (Å²) in [6, 6.07) is 24.2. The van der Waals surface area contributed by atoms with Crippen LogP contribution in [0.15, 0.2) is 97.0 Å². The second kappa shape index (κ2) is 8.15. The van der Waals surface area contributed by atoms with E-state index >= 15 is 0 Å². The Morgan fingerprint density at radius 3 is 2.24 bits per heavy atom. The van der Waals surface area contributed by atoms with Crippen LogP contribution in [-0.2, 0) is 0 Å². The molecule has 0 N–H and O–H groups in total. The number of aromatic nitrogens is 3. The van der Waals surface area contributed by atoms with Crippen LogP contribution in [0.2, 0.25) is 0 Å². The summed E-state index contributed by atoms with van der Waals surface area (Å²) in [7, 11) is 0. The average Bonchev–Trinajstić information content (AvgIpc) is 3.23. The van der Waals surface area contributed by atoms with Gasteiger partial charge in [0.1, 0.15) is 17.3 Å². The molecule has 2 aromatic carbocycles. The van der Waals surface area contributed by atoms with E-state index < -0.39 is 0 Å². The van der Waals surface area contributed by atoms with Gasteiger partial charge in [-0.1, -0.05) is 48.5 Å². The molecular formula is C24H16N4O. The summed E-state index contributed by atoms with van der Waals surface area (Å²) in [6.07, 6.45) is 6.79. The molecule has 2 aromatic heterocycles. The SMILES string of the molecule is N#C/C(=C\c1cn(-c2ccccc2)nc1-c1ccncc1)C(=O)c1ccccc1. The van der Waals surface area contributed by atoms with Crippen LogP contribution in [0.25, 0.3) is 23.0 Å². The van der Waals surface area contributed by atoms with Crippen LogP contribution in [0.5, 0.6) is 0 Å². The van der Waals surface area contributed by atoms with E-state index in [9.17, 15) is 10.1 Å². The molecule has 0 atom stereocenters. The molecule has 0 amide bonds. The summed E-state index contributed by atoms with van der Waals surface area (Å²) >= 11 is 0. The highest BCUT2D eigenvalue weighted by molar-refractivity contribution is 6.14. The lowest BCUT2D eigenvalue weighted by molar-refractivity contribution is 0.104. The van der Waals surface area contributed by atoms with Gasteiger partial charge in [0.25, 0.3) is 0 Å². The molecule has 0 fully saturated rings. The number of pyridine rings is 1. The predicted octanol–water partition coefficient (Wildman–Crippen LogP) is 4.72. The third kappa shape index (κ3) is 3.87. The number of nitrogens with zero attached hydrogens (tertiary/aromatic N) is 4. The van der Waals surface area contributed by atoms with Gasteiger partial charge in [-0.3, -0.25) is 9.78 Å². The van der Waals surface area contributed by atoms with E-state index in [4.69, 9.17) is 5.10 Å². The Morgan fingerprint density at radius 2 is 1.59 bits per heavy atom. The zero-order valence-corrected chi connectivity index (χ0v) is 15.4. The highest BCUT2D eigenvalue weighted by Crippen LogP contribution is 2.26. The summed E-state index contributed by atoms with van der Waals surface area (Å²) in [5.41, 5.74) is 3.62. The molecule has 0 saturated carbocycles. The Balaban J connectivity index is 1.83. The number of carbonyl (C=O) groups is 1. The molecule has 0 bridgehead atoms. The summed E-state index contributed by atoms with van der Waals surface area (Å²) in [5.74, 6) is -0.318. The van der Waals surface area contributed by atoms with Crippen molar-refractivity contribution >= 4 is 11.9 Å². The molecular weight excluding hydrogens is 360 g/mol. The third-order valence-electron chi connectivity index (χ3n) is 4.42. The molecule has 4 aromatic rings. The van der Waals surface area contributed by atoms with Gasteiger partial charge in [0, 0.05) is 35.3 Å². The number of benzene rings is 2. The lowest BCUT2D eigenvalue weighted by Gasteiger charge is -2.01. The standard InChI is InChI=1S/C24H16N4O/c25-16-20(24(29)19-7-3-1-4-8-19)15-21-17-28(22-9-5-2-6-10-22)27-23(21)18-11-13-26-14-12-18/h1-15,17H/b20-15+. The number of nitriles is 1. The van der Waals surface area contributed by atoms with E-state index in [0.717, 1.165) is 11.3 Å². The quantitative estimate of drug-likeness (QED) is 0.287. The van der Waals surface area contributed by atoms with Crippen molar-refractivity contribution in [3.05, 3.63) is 108 Å². The van der Waals surface area contributed by atoms with Gasteiger partial charge < -0.3 is 0 Å². The van der Waals surface area contributed by atoms with Crippen LogP contribution in [0.1, 0.15) is 15.9 Å². The first kappa shape index (κ1) is 18.1. The molecule has 0 aliphatic heterocycles. The molecule has 5 heteroatoms. The Morgan fingerprint density at radius 1 is 0.931 bits per heavy atom. The molecule has 0 aliphatic rings. The van der Waals surface area contributed by atoms with Gasteiger partial charge >= 0.3 is 0 Å². The minimum absolute atomic E-state index is 0.0547. The van der Waals surface area contributed by atoms with Gasteiger partial charge in [-0.25, -0.2) is 4.68 Å². The van der Waals surface area contributed by atoms with E-state index in [1.807, 2.05) is 60.8 Å². The second-order valence-electron chi connectivity index (χ2n) is 6.31. The zero-order valence-electron chi connectivity index (χ0n) is 15.4. The first-order valence-corrected chi connectivity index (χ1v) is 9.03. The van der Waals surface area contributed by atoms with Crippen molar-refractivity contribution in [2.75, 3.05) is 0 Å². The fourth-order valence-corrected chi connectivity index (χ4v) is 2.99. The van der Waals surface area contributed by atoms with Crippen molar-refractivity contribution in [2.24, 2.45) is 0 Å². The van der Waals surface area contributed by atoms with Crippen LogP contribution in [0.3, 0.4) is 0 Å². The number of para-hydroxylation sites is 1. The first-order chi connectivity index (χ1) is 14.3. The lowest BCUT2D eigenvalue weighted by Crippen LogP contribution is -2.01. The monoisotopic (exact) mass is 376 g/mol. The maximum Gasteiger partial charge on any atom is 0.203 e. The molecule has 138 valence electrons. The molecule has 2 heterocycles. The van der Waals surface area contributed by atoms with Crippen LogP contribution in [-0.4, -0.2) is 20.5 Å². The van der Waals surface area contributed by atoms with E-state index in [-0.39, 0.29) is 11.4 Å². The highest BCUT2D eigenvalue weighted by Gasteiger charge is 2.16. The van der Waals surface area contributed by atoms with Crippen LogP contribution in [0, 0.1) is 11.3 Å². The summed E-state index contributed by atoms with van der Waals surface area (Å²) < 4.78 is 1.74. The van der Waals surface area contributed by atoms with Crippen molar-refractivity contribution in [3.63, 3.8) is 0 Å². The number of Topliss-reactive ketones (excluding diaryl/α,β-unsaturated/α-hetero) is 1. The fraction of sp³-hybridized carbons (Fsp3) is 0. The maximum atomic E-state index is 12.8. The smallest absolute Gasteiger partial charge is 0.203 e. The number of rotatable bonds is 5. The van der Waals surface area contributed by atoms with Gasteiger partial charge in [0.15, 0.2) is 0 Å². The van der Waals surface area contributed by atoms with Crippen molar-refractivity contribution < 1.29 is 4.79 Å². The molecule has 5 nitrogen and oxygen atoms in total. The molecule has 0 aliphatic carbocycles. The minimum Gasteiger partial charge on any atom is -0.288 e. The Kier molecular flexibility index (Phi) is 5.08. The first-order valence-electron chi connectivity index (χ1n) is 9.03. The van der Waals surface area contributed by atoms with E-state index in [1.54, 1.807) is 47.4 Å². The number of ketones is 1. The van der Waals surface area contributed by atoms with Crippen molar-refractivity contribution in [1.29, 1.82) is 5.26 Å². The van der Waals surface area contributed by atoms with Crippen molar-refractivity contribution in [3.8, 4) is 23.0 Å². The summed E-state index contributed by atoms with van der Waals surface area (Å²) in [5, 5.41) is 14.3. The summed E-state index contributed by atoms with van der Waals surface area (Å²) in [4.78, 5) is 16.8. The lowest BCUT2D eigenvalue weighted by atomic mass is 10.0. The summed E-state index contributed by atoms with van der Waals surface area (Å²) in [6.45, 7) is 0. The number of hydrogen-bond acceptors (Lipinski definition) is 4. The molecule has 4 rings (SSSR count).